The Morgan fingerprint density at radius 2 is 1.19 bits per heavy atom. The van der Waals surface area contributed by atoms with E-state index in [0.717, 1.165) is 12.3 Å². The Kier molecular flexibility index (Phi) is 8.41. The summed E-state index contributed by atoms with van der Waals surface area (Å²) >= 11 is 0. The van der Waals surface area contributed by atoms with Crippen molar-refractivity contribution in [2.24, 2.45) is 0 Å². The van der Waals surface area contributed by atoms with Crippen molar-refractivity contribution in [2.75, 3.05) is 6.16 Å². The molecular weight excluding hydrogens is 459 g/mol. The molecule has 0 nitrogen and oxygen atoms in total. The first-order valence-electron chi connectivity index (χ1n) is 10.5. The summed E-state index contributed by atoms with van der Waals surface area (Å²) in [5, 5.41) is 2.94. The molecule has 4 aromatic rings. The fraction of sp³-hybridized carbons (Fsp3) is 0.103. The van der Waals surface area contributed by atoms with Gasteiger partial charge >= 0.3 is 0 Å². The Morgan fingerprint density at radius 3 is 1.74 bits per heavy atom. The van der Waals surface area contributed by atoms with Crippen LogP contribution in [0.2, 0.25) is 0 Å². The second kappa shape index (κ2) is 11.2. The van der Waals surface area contributed by atoms with Gasteiger partial charge in [0.25, 0.3) is 0 Å². The Morgan fingerprint density at radius 1 is 0.645 bits per heavy atom. The number of allylic oxidation sites excluding steroid dienone is 1. The molecule has 0 aliphatic rings. The minimum Gasteiger partial charge on any atom is -1.00 e. The van der Waals surface area contributed by atoms with Crippen LogP contribution < -0.4 is 27.6 Å². The molecule has 0 aliphatic heterocycles. The van der Waals surface area contributed by atoms with Crippen molar-refractivity contribution in [2.45, 2.75) is 13.1 Å². The van der Waals surface area contributed by atoms with Gasteiger partial charge in [-0.3, -0.25) is 0 Å². The van der Waals surface area contributed by atoms with Crippen molar-refractivity contribution in [1.29, 1.82) is 0 Å². The lowest BCUT2D eigenvalue weighted by Gasteiger charge is -2.27. The molecule has 0 N–H and O–H groups in total. The minimum absolute atomic E-state index is 0. The third-order valence-electron chi connectivity index (χ3n) is 5.56. The van der Waals surface area contributed by atoms with Gasteiger partial charge in [0.2, 0.25) is 0 Å². The number of aryl methyl sites for hydroxylation is 1. The van der Waals surface area contributed by atoms with E-state index in [-0.39, 0.29) is 17.0 Å². The van der Waals surface area contributed by atoms with Crippen LogP contribution in [0.1, 0.15) is 16.7 Å². The predicted molar refractivity (Wildman–Crippen MR) is 134 cm³/mol. The van der Waals surface area contributed by atoms with Crippen LogP contribution in [0.4, 0.5) is 0 Å². The second-order valence-corrected chi connectivity index (χ2v) is 11.4. The molecule has 0 fully saturated rings. The highest BCUT2D eigenvalue weighted by atomic mass is 79.9. The maximum Gasteiger partial charge on any atom is 0.0998 e. The Balaban J connectivity index is 0.00000272. The molecule has 0 bridgehead atoms. The second-order valence-electron chi connectivity index (χ2n) is 7.78. The molecule has 0 radical (unpaired) electrons. The van der Waals surface area contributed by atoms with Crippen LogP contribution in [0.15, 0.2) is 121 Å². The van der Waals surface area contributed by atoms with Gasteiger partial charge in [0.05, 0.1) is 30.2 Å². The summed E-state index contributed by atoms with van der Waals surface area (Å²) in [7, 11) is -1.67. The average Bonchev–Trinajstić information content (AvgIpc) is 2.80. The summed E-state index contributed by atoms with van der Waals surface area (Å²) in [5.74, 6) is 0. The fourth-order valence-electron chi connectivity index (χ4n) is 4.09. The van der Waals surface area contributed by atoms with Crippen molar-refractivity contribution in [1.82, 2.24) is 0 Å². The normalized spacial score (nSPS) is 11.3. The lowest BCUT2D eigenvalue weighted by atomic mass is 10.2. The molecule has 0 aliphatic carbocycles. The first-order valence-corrected chi connectivity index (χ1v) is 12.7. The molecule has 0 saturated carbocycles. The maximum atomic E-state index is 2.39. The molecule has 0 atom stereocenters. The van der Waals surface area contributed by atoms with Gasteiger partial charge in [0.15, 0.2) is 0 Å². The number of rotatable bonds is 7. The van der Waals surface area contributed by atoms with Crippen molar-refractivity contribution in [3.05, 3.63) is 138 Å². The monoisotopic (exact) mass is 486 g/mol. The molecule has 4 rings (SSSR count). The highest BCUT2D eigenvalue weighted by Gasteiger charge is 2.41. The molecule has 0 heterocycles. The molecule has 2 heteroatoms. The molecule has 0 aromatic heterocycles. The van der Waals surface area contributed by atoms with Crippen LogP contribution in [0, 0.1) is 6.92 Å². The van der Waals surface area contributed by atoms with Crippen molar-refractivity contribution in [3.63, 3.8) is 0 Å². The Labute approximate surface area is 197 Å². The zero-order valence-electron chi connectivity index (χ0n) is 17.9. The highest BCUT2D eigenvalue weighted by Crippen LogP contribution is 2.59. The van der Waals surface area contributed by atoms with Gasteiger partial charge in [0, 0.05) is 0 Å². The summed E-state index contributed by atoms with van der Waals surface area (Å²) in [6.07, 6.45) is 6.78. The molecular formula is C29H28BrP. The minimum atomic E-state index is -1.67. The summed E-state index contributed by atoms with van der Waals surface area (Å²) in [6, 6.07) is 41.9. The van der Waals surface area contributed by atoms with E-state index < -0.39 is 7.26 Å². The van der Waals surface area contributed by atoms with Crippen LogP contribution >= 0.6 is 7.26 Å². The number of benzene rings is 4. The van der Waals surface area contributed by atoms with E-state index in [0.29, 0.717) is 0 Å². The van der Waals surface area contributed by atoms with Crippen LogP contribution in [0.3, 0.4) is 0 Å². The van der Waals surface area contributed by atoms with Crippen LogP contribution in [-0.4, -0.2) is 6.16 Å². The summed E-state index contributed by atoms with van der Waals surface area (Å²) in [6.45, 7) is 2.18. The first-order chi connectivity index (χ1) is 14.8. The third-order valence-corrected chi connectivity index (χ3v) is 9.88. The molecule has 4 aromatic carbocycles. The first kappa shape index (κ1) is 23.2. The average molecular weight is 487 g/mol. The smallest absolute Gasteiger partial charge is 0.0998 e. The number of hydrogen-bond acceptors (Lipinski definition) is 0. The van der Waals surface area contributed by atoms with Crippen molar-refractivity contribution in [3.8, 4) is 0 Å². The number of hydrogen-bond donors (Lipinski definition) is 0. The Bertz CT molecular complexity index is 1050. The molecule has 156 valence electrons. The van der Waals surface area contributed by atoms with Crippen LogP contribution in [0.5, 0.6) is 0 Å². The van der Waals surface area contributed by atoms with Gasteiger partial charge in [0.1, 0.15) is 0 Å². The largest absolute Gasteiger partial charge is 1.00 e. The van der Waals surface area contributed by atoms with Crippen molar-refractivity contribution < 1.29 is 17.0 Å². The quantitative estimate of drug-likeness (QED) is 0.347. The van der Waals surface area contributed by atoms with Crippen LogP contribution in [-0.2, 0) is 6.16 Å². The third kappa shape index (κ3) is 5.82. The van der Waals surface area contributed by atoms with Gasteiger partial charge in [-0.1, -0.05) is 103 Å². The van der Waals surface area contributed by atoms with E-state index in [1.165, 1.54) is 27.3 Å². The van der Waals surface area contributed by atoms with Gasteiger partial charge in [-0.25, -0.2) is 0 Å². The van der Waals surface area contributed by atoms with E-state index in [2.05, 4.69) is 134 Å². The zero-order chi connectivity index (χ0) is 20.7. The van der Waals surface area contributed by atoms with Crippen LogP contribution in [0.25, 0.3) is 6.08 Å². The van der Waals surface area contributed by atoms with Gasteiger partial charge < -0.3 is 17.0 Å². The van der Waals surface area contributed by atoms with E-state index in [1.54, 1.807) is 0 Å². The molecule has 0 saturated heterocycles. The van der Waals surface area contributed by atoms with Gasteiger partial charge in [-0.2, -0.15) is 0 Å². The molecule has 0 unspecified atom stereocenters. The summed E-state index contributed by atoms with van der Waals surface area (Å²) < 4.78 is 0. The Hall–Kier alpha value is -2.47. The van der Waals surface area contributed by atoms with Gasteiger partial charge in [-0.05, 0) is 48.4 Å². The maximum absolute atomic E-state index is 2.39. The van der Waals surface area contributed by atoms with E-state index in [1.807, 2.05) is 0 Å². The number of halogens is 1. The summed E-state index contributed by atoms with van der Waals surface area (Å²) in [4.78, 5) is 0. The SMILES string of the molecule is Cc1cccc(C[P+](C/C=C/c2ccccc2)(c2ccccc2)c2ccccc2)c1.[Br-]. The van der Waals surface area contributed by atoms with E-state index >= 15 is 0 Å². The molecule has 0 spiro atoms. The van der Waals surface area contributed by atoms with E-state index in [9.17, 15) is 0 Å². The van der Waals surface area contributed by atoms with Gasteiger partial charge in [-0.15, -0.1) is 0 Å². The molecule has 0 amide bonds. The highest BCUT2D eigenvalue weighted by molar-refractivity contribution is 7.89. The topological polar surface area (TPSA) is 0 Å². The summed E-state index contributed by atoms with van der Waals surface area (Å²) in [5.41, 5.74) is 4.00. The lowest BCUT2D eigenvalue weighted by Crippen LogP contribution is -3.00. The van der Waals surface area contributed by atoms with Crippen molar-refractivity contribution >= 4 is 23.9 Å². The molecule has 31 heavy (non-hydrogen) atoms. The lowest BCUT2D eigenvalue weighted by molar-refractivity contribution is -0.00000595. The van der Waals surface area contributed by atoms with E-state index in [4.69, 9.17) is 0 Å². The standard InChI is InChI=1S/C29H28P.BrH/c1-25-13-11-16-27(23-25)24-30(28-18-7-3-8-19-28,29-20-9-4-10-21-29)22-12-17-26-14-5-2-6-15-26;/h2-21,23H,22,24H2,1H3;1H/q+1;/p-1/b17-12+;. The zero-order valence-corrected chi connectivity index (χ0v) is 20.3. The predicted octanol–water partition coefficient (Wildman–Crippen LogP) is 3.88. The fourth-order valence-corrected chi connectivity index (χ4v) is 8.07.